The lowest BCUT2D eigenvalue weighted by Crippen LogP contribution is -2.36. The van der Waals surface area contributed by atoms with Gasteiger partial charge in [0.1, 0.15) is 5.82 Å². The van der Waals surface area contributed by atoms with Crippen LogP contribution >= 0.6 is 0 Å². The van der Waals surface area contributed by atoms with Gasteiger partial charge in [-0.15, -0.1) is 0 Å². The highest BCUT2D eigenvalue weighted by Crippen LogP contribution is 2.20. The number of hydrogen-bond donors (Lipinski definition) is 0. The first kappa shape index (κ1) is 21.3. The second-order valence-electron chi connectivity index (χ2n) is 8.76. The van der Waals surface area contributed by atoms with Gasteiger partial charge in [0.05, 0.1) is 13.2 Å². The molecule has 1 aliphatic heterocycles. The predicted molar refractivity (Wildman–Crippen MR) is 128 cm³/mol. The quantitative estimate of drug-likeness (QED) is 0.468. The minimum atomic E-state index is 0.0688. The molecule has 0 aliphatic carbocycles. The predicted octanol–water partition coefficient (Wildman–Crippen LogP) is 4.12. The van der Waals surface area contributed by atoms with Crippen molar-refractivity contribution < 1.29 is 9.53 Å². The number of rotatable bonds is 5. The zero-order valence-electron chi connectivity index (χ0n) is 18.9. The molecule has 1 amide bonds. The number of aromatic nitrogens is 3. The number of carbonyl (C=O) groups is 1. The van der Waals surface area contributed by atoms with E-state index in [4.69, 9.17) is 4.74 Å². The number of amides is 1. The molecule has 33 heavy (non-hydrogen) atoms. The van der Waals surface area contributed by atoms with Crippen LogP contribution in [-0.4, -0.2) is 51.6 Å². The third-order valence-electron chi connectivity index (χ3n) is 6.30. The summed E-state index contributed by atoms with van der Waals surface area (Å²) < 4.78 is 7.96. The van der Waals surface area contributed by atoms with Gasteiger partial charge in [-0.05, 0) is 48.1 Å². The van der Waals surface area contributed by atoms with Gasteiger partial charge < -0.3 is 14.2 Å². The van der Waals surface area contributed by atoms with E-state index < -0.39 is 0 Å². The highest BCUT2D eigenvalue weighted by Gasteiger charge is 2.24. The maximum absolute atomic E-state index is 13.4. The number of nitrogens with zero attached hydrogens (tertiary/aromatic N) is 4. The molecule has 6 nitrogen and oxygen atoms in total. The number of benzene rings is 2. The smallest absolute Gasteiger partial charge is 0.253 e. The van der Waals surface area contributed by atoms with Crippen LogP contribution in [0.5, 0.6) is 0 Å². The van der Waals surface area contributed by atoms with E-state index >= 15 is 0 Å². The van der Waals surface area contributed by atoms with Gasteiger partial charge in [-0.2, -0.15) is 0 Å². The first-order valence-corrected chi connectivity index (χ1v) is 11.4. The standard InChI is InChI=1S/C27H28N4O2/c1-20-29-9-10-30(20)17-22-3-2-4-25(15-22)27(32)31-11-12-33-19-23(18-31)13-21-5-6-26-16-28-8-7-24(26)14-21/h2-10,14-16,23H,11-13,17-19H2,1H3. The molecule has 1 fully saturated rings. The molecule has 1 aliphatic rings. The number of aryl methyl sites for hydroxylation is 1. The Kier molecular flexibility index (Phi) is 6.17. The number of fused-ring (bicyclic) bond motifs is 1. The molecule has 0 saturated carbocycles. The minimum Gasteiger partial charge on any atom is -0.379 e. The zero-order chi connectivity index (χ0) is 22.6. The number of imidazole rings is 1. The maximum atomic E-state index is 13.4. The van der Waals surface area contributed by atoms with Crippen LogP contribution in [-0.2, 0) is 17.7 Å². The summed E-state index contributed by atoms with van der Waals surface area (Å²) in [5.74, 6) is 1.29. The van der Waals surface area contributed by atoms with Crippen molar-refractivity contribution in [2.45, 2.75) is 19.9 Å². The third-order valence-corrected chi connectivity index (χ3v) is 6.30. The van der Waals surface area contributed by atoms with E-state index in [2.05, 4.69) is 38.8 Å². The molecule has 0 radical (unpaired) electrons. The average Bonchev–Trinajstić information content (AvgIpc) is 3.10. The molecular formula is C27H28N4O2. The van der Waals surface area contributed by atoms with Crippen LogP contribution in [0, 0.1) is 12.8 Å². The van der Waals surface area contributed by atoms with Gasteiger partial charge in [-0.3, -0.25) is 9.78 Å². The average molecular weight is 441 g/mol. The maximum Gasteiger partial charge on any atom is 0.253 e. The molecular weight excluding hydrogens is 412 g/mol. The Morgan fingerprint density at radius 2 is 2.03 bits per heavy atom. The molecule has 6 heteroatoms. The summed E-state index contributed by atoms with van der Waals surface area (Å²) in [6, 6.07) is 16.5. The molecule has 4 aromatic rings. The Labute approximate surface area is 193 Å². The van der Waals surface area contributed by atoms with E-state index in [1.165, 1.54) is 10.9 Å². The summed E-state index contributed by atoms with van der Waals surface area (Å²) in [7, 11) is 0. The van der Waals surface area contributed by atoms with Gasteiger partial charge in [-0.25, -0.2) is 4.98 Å². The molecule has 168 valence electrons. The van der Waals surface area contributed by atoms with Crippen molar-refractivity contribution >= 4 is 16.7 Å². The molecule has 3 heterocycles. The summed E-state index contributed by atoms with van der Waals surface area (Å²) in [5, 5.41) is 2.33. The molecule has 1 saturated heterocycles. The van der Waals surface area contributed by atoms with Crippen LogP contribution in [0.25, 0.3) is 10.8 Å². The fraction of sp³-hybridized carbons (Fsp3) is 0.296. The van der Waals surface area contributed by atoms with Crippen molar-refractivity contribution in [2.75, 3.05) is 26.3 Å². The molecule has 0 spiro atoms. The molecule has 2 aromatic carbocycles. The Bertz CT molecular complexity index is 1270. The summed E-state index contributed by atoms with van der Waals surface area (Å²) in [4.78, 5) is 23.8. The molecule has 0 bridgehead atoms. The SMILES string of the molecule is Cc1nccn1Cc1cccc(C(=O)N2CCOCC(Cc3ccc4cnccc4c3)C2)c1. The van der Waals surface area contributed by atoms with Gasteiger partial charge in [0.15, 0.2) is 0 Å². The lowest BCUT2D eigenvalue weighted by molar-refractivity contribution is 0.0737. The second-order valence-corrected chi connectivity index (χ2v) is 8.76. The van der Waals surface area contributed by atoms with E-state index in [0.717, 1.165) is 28.8 Å². The van der Waals surface area contributed by atoms with Crippen molar-refractivity contribution in [2.24, 2.45) is 5.92 Å². The zero-order valence-corrected chi connectivity index (χ0v) is 18.9. The fourth-order valence-corrected chi connectivity index (χ4v) is 4.53. The fourth-order valence-electron chi connectivity index (χ4n) is 4.53. The van der Waals surface area contributed by atoms with Crippen LogP contribution in [0.1, 0.15) is 27.3 Å². The number of pyridine rings is 1. The van der Waals surface area contributed by atoms with Crippen molar-refractivity contribution in [1.29, 1.82) is 0 Å². The summed E-state index contributed by atoms with van der Waals surface area (Å²) in [5.41, 5.74) is 3.08. The number of ether oxygens (including phenoxy) is 1. The van der Waals surface area contributed by atoms with E-state index in [-0.39, 0.29) is 11.8 Å². The number of carbonyl (C=O) groups excluding carboxylic acids is 1. The first-order chi connectivity index (χ1) is 16.2. The third kappa shape index (κ3) is 4.96. The van der Waals surface area contributed by atoms with E-state index in [1.807, 2.05) is 54.7 Å². The summed E-state index contributed by atoms with van der Waals surface area (Å²) >= 11 is 0. The first-order valence-electron chi connectivity index (χ1n) is 11.4. The monoisotopic (exact) mass is 440 g/mol. The van der Waals surface area contributed by atoms with Gasteiger partial charge >= 0.3 is 0 Å². The molecule has 5 rings (SSSR count). The van der Waals surface area contributed by atoms with Crippen molar-refractivity contribution in [3.05, 3.63) is 95.8 Å². The largest absolute Gasteiger partial charge is 0.379 e. The van der Waals surface area contributed by atoms with Gasteiger partial charge in [0.2, 0.25) is 0 Å². The van der Waals surface area contributed by atoms with Crippen molar-refractivity contribution in [3.63, 3.8) is 0 Å². The van der Waals surface area contributed by atoms with Crippen molar-refractivity contribution in [1.82, 2.24) is 19.4 Å². The molecule has 0 N–H and O–H groups in total. The van der Waals surface area contributed by atoms with Crippen LogP contribution in [0.2, 0.25) is 0 Å². The Morgan fingerprint density at radius 1 is 1.09 bits per heavy atom. The van der Waals surface area contributed by atoms with E-state index in [1.54, 1.807) is 6.20 Å². The second kappa shape index (κ2) is 9.55. The lowest BCUT2D eigenvalue weighted by Gasteiger charge is -2.24. The van der Waals surface area contributed by atoms with Crippen LogP contribution in [0.3, 0.4) is 0 Å². The normalized spacial score (nSPS) is 16.6. The Morgan fingerprint density at radius 3 is 2.91 bits per heavy atom. The summed E-state index contributed by atoms with van der Waals surface area (Å²) in [6.07, 6.45) is 8.35. The summed E-state index contributed by atoms with van der Waals surface area (Å²) in [6.45, 7) is 5.23. The van der Waals surface area contributed by atoms with E-state index in [0.29, 0.717) is 32.8 Å². The highest BCUT2D eigenvalue weighted by atomic mass is 16.5. The highest BCUT2D eigenvalue weighted by molar-refractivity contribution is 5.94. The van der Waals surface area contributed by atoms with Crippen molar-refractivity contribution in [3.8, 4) is 0 Å². The van der Waals surface area contributed by atoms with Crippen LogP contribution < -0.4 is 0 Å². The molecule has 1 atom stereocenters. The van der Waals surface area contributed by atoms with Gasteiger partial charge in [0, 0.05) is 61.3 Å². The minimum absolute atomic E-state index is 0.0688. The van der Waals surface area contributed by atoms with Crippen LogP contribution in [0.15, 0.2) is 73.3 Å². The molecule has 2 aromatic heterocycles. The van der Waals surface area contributed by atoms with Gasteiger partial charge in [-0.1, -0.05) is 30.3 Å². The number of hydrogen-bond acceptors (Lipinski definition) is 4. The lowest BCUT2D eigenvalue weighted by atomic mass is 9.97. The molecule has 1 unspecified atom stereocenters. The van der Waals surface area contributed by atoms with Crippen LogP contribution in [0.4, 0.5) is 0 Å². The Balaban J connectivity index is 1.29. The topological polar surface area (TPSA) is 60.2 Å². The van der Waals surface area contributed by atoms with E-state index in [9.17, 15) is 4.79 Å². The van der Waals surface area contributed by atoms with Gasteiger partial charge in [0.25, 0.3) is 5.91 Å². The Hall–Kier alpha value is -3.51.